The molecule has 0 fully saturated rings. The van der Waals surface area contributed by atoms with E-state index in [-0.39, 0.29) is 31.3 Å². The predicted molar refractivity (Wildman–Crippen MR) is 134 cm³/mol. The van der Waals surface area contributed by atoms with Crippen LogP contribution in [-0.4, -0.2) is 48.6 Å². The molecule has 4 amide bonds. The van der Waals surface area contributed by atoms with Crippen molar-refractivity contribution >= 4 is 23.8 Å². The molecule has 1 unspecified atom stereocenters. The molecule has 0 aliphatic rings. The summed E-state index contributed by atoms with van der Waals surface area (Å²) >= 11 is 0. The maximum atomic E-state index is 12.4. The third-order valence-corrected chi connectivity index (χ3v) is 5.23. The molecule has 9 nitrogen and oxygen atoms in total. The van der Waals surface area contributed by atoms with Crippen molar-refractivity contribution in [1.82, 2.24) is 21.3 Å². The summed E-state index contributed by atoms with van der Waals surface area (Å²) in [6.07, 6.45) is 2.02. The number of rotatable bonds is 14. The third-order valence-electron chi connectivity index (χ3n) is 5.23. The zero-order valence-electron chi connectivity index (χ0n) is 20.0. The number of carbonyl (C=O) groups excluding carboxylic acids is 3. The molecule has 0 radical (unpaired) electrons. The highest BCUT2D eigenvalue weighted by molar-refractivity contribution is 5.85. The lowest BCUT2D eigenvalue weighted by Gasteiger charge is -2.18. The Morgan fingerprint density at radius 3 is 2.11 bits per heavy atom. The van der Waals surface area contributed by atoms with Crippen LogP contribution in [-0.2, 0) is 14.4 Å². The molecular weight excluding hydrogens is 448 g/mol. The van der Waals surface area contributed by atoms with Crippen LogP contribution in [0.4, 0.5) is 4.79 Å². The minimum absolute atomic E-state index is 0.224. The van der Waals surface area contributed by atoms with Crippen molar-refractivity contribution < 1.29 is 24.3 Å². The molecule has 0 aromatic heterocycles. The highest BCUT2D eigenvalue weighted by Gasteiger charge is 2.18. The lowest BCUT2D eigenvalue weighted by Crippen LogP contribution is -2.39. The van der Waals surface area contributed by atoms with E-state index in [0.717, 1.165) is 17.5 Å². The molecule has 1 atom stereocenters. The van der Waals surface area contributed by atoms with Crippen LogP contribution in [0.3, 0.4) is 0 Å². The van der Waals surface area contributed by atoms with Gasteiger partial charge in [-0.15, -0.1) is 0 Å². The quantitative estimate of drug-likeness (QED) is 0.264. The van der Waals surface area contributed by atoms with Crippen LogP contribution in [0, 0.1) is 0 Å². The van der Waals surface area contributed by atoms with Gasteiger partial charge in [0.1, 0.15) is 0 Å². The van der Waals surface area contributed by atoms with Crippen LogP contribution < -0.4 is 21.3 Å². The van der Waals surface area contributed by atoms with Crippen molar-refractivity contribution in [3.8, 4) is 11.1 Å². The largest absolute Gasteiger partial charge is 0.481 e. The fraction of sp³-hybridized carbons (Fsp3) is 0.385. The number of amides is 4. The van der Waals surface area contributed by atoms with E-state index in [1.165, 1.54) is 0 Å². The van der Waals surface area contributed by atoms with Gasteiger partial charge in [-0.25, -0.2) is 4.79 Å². The number of carboxylic acids is 1. The average Bonchev–Trinajstić information content (AvgIpc) is 2.86. The average molecular weight is 483 g/mol. The molecule has 2 aromatic rings. The normalized spacial score (nSPS) is 11.2. The van der Waals surface area contributed by atoms with Crippen molar-refractivity contribution in [1.29, 1.82) is 0 Å². The lowest BCUT2D eigenvalue weighted by molar-refractivity contribution is -0.138. The Bertz CT molecular complexity index is 963. The fourth-order valence-electron chi connectivity index (χ4n) is 3.39. The number of carboxylic acid groups (broad SMARTS) is 1. The van der Waals surface area contributed by atoms with Crippen molar-refractivity contribution in [2.75, 3.05) is 19.6 Å². The molecule has 2 aromatic carbocycles. The van der Waals surface area contributed by atoms with Crippen LogP contribution in [0.15, 0.2) is 54.6 Å². The van der Waals surface area contributed by atoms with Crippen molar-refractivity contribution in [3.05, 3.63) is 60.2 Å². The van der Waals surface area contributed by atoms with Crippen LogP contribution in [0.5, 0.6) is 0 Å². The van der Waals surface area contributed by atoms with Gasteiger partial charge < -0.3 is 26.4 Å². The maximum absolute atomic E-state index is 12.4. The minimum Gasteiger partial charge on any atom is -0.481 e. The molecule has 35 heavy (non-hydrogen) atoms. The van der Waals surface area contributed by atoms with Gasteiger partial charge in [0.25, 0.3) is 0 Å². The first-order valence-electron chi connectivity index (χ1n) is 11.8. The predicted octanol–water partition coefficient (Wildman–Crippen LogP) is 2.98. The number of aliphatic carboxylic acids is 1. The highest BCUT2D eigenvalue weighted by Crippen LogP contribution is 2.23. The van der Waals surface area contributed by atoms with E-state index in [1.54, 1.807) is 12.1 Å². The Hall–Kier alpha value is -3.88. The van der Waals surface area contributed by atoms with Gasteiger partial charge in [0, 0.05) is 19.5 Å². The van der Waals surface area contributed by atoms with E-state index in [9.17, 15) is 24.3 Å². The Balaban J connectivity index is 1.77. The van der Waals surface area contributed by atoms with E-state index in [0.29, 0.717) is 31.5 Å². The molecule has 0 aliphatic carbocycles. The summed E-state index contributed by atoms with van der Waals surface area (Å²) < 4.78 is 0. The van der Waals surface area contributed by atoms with Crippen molar-refractivity contribution in [3.63, 3.8) is 0 Å². The molecule has 188 valence electrons. The number of hydrogen-bond donors (Lipinski definition) is 5. The SMILES string of the molecule is CCCNC(=O)NCCCCC(=O)NCC(=O)NC(CC(=O)O)c1ccc(-c2ccccc2)cc1. The van der Waals surface area contributed by atoms with Crippen LogP contribution >= 0.6 is 0 Å². The molecule has 2 rings (SSSR count). The third kappa shape index (κ3) is 10.7. The summed E-state index contributed by atoms with van der Waals surface area (Å²) in [4.78, 5) is 47.1. The van der Waals surface area contributed by atoms with Crippen LogP contribution in [0.1, 0.15) is 50.6 Å². The Labute approximate surface area is 205 Å². The van der Waals surface area contributed by atoms with Gasteiger partial charge in [-0.1, -0.05) is 61.5 Å². The number of benzene rings is 2. The molecule has 0 bridgehead atoms. The van der Waals surface area contributed by atoms with Crippen molar-refractivity contribution in [2.45, 2.75) is 45.1 Å². The van der Waals surface area contributed by atoms with Gasteiger partial charge in [0.2, 0.25) is 11.8 Å². The first kappa shape index (κ1) is 27.4. The van der Waals surface area contributed by atoms with Gasteiger partial charge in [-0.3, -0.25) is 14.4 Å². The summed E-state index contributed by atoms with van der Waals surface area (Å²) in [5.74, 6) is -1.79. The molecule has 5 N–H and O–H groups in total. The van der Waals surface area contributed by atoms with Crippen LogP contribution in [0.25, 0.3) is 11.1 Å². The second-order valence-corrected chi connectivity index (χ2v) is 8.12. The van der Waals surface area contributed by atoms with E-state index in [4.69, 9.17) is 0 Å². The summed E-state index contributed by atoms with van der Waals surface area (Å²) in [6, 6.07) is 16.2. The smallest absolute Gasteiger partial charge is 0.314 e. The first-order chi connectivity index (χ1) is 16.9. The second-order valence-electron chi connectivity index (χ2n) is 8.12. The number of carbonyl (C=O) groups is 4. The number of nitrogens with one attached hydrogen (secondary N) is 4. The van der Waals surface area contributed by atoms with E-state index in [2.05, 4.69) is 21.3 Å². The molecule has 0 saturated carbocycles. The molecule has 0 heterocycles. The Morgan fingerprint density at radius 2 is 1.46 bits per heavy atom. The summed E-state index contributed by atoms with van der Waals surface area (Å²) in [5.41, 5.74) is 2.69. The highest BCUT2D eigenvalue weighted by atomic mass is 16.4. The molecular formula is C26H34N4O5. The standard InChI is InChI=1S/C26H34N4O5/c1-2-15-27-26(35)28-16-7-6-10-23(31)29-18-24(32)30-22(17-25(33)34)21-13-11-20(12-14-21)19-8-4-3-5-9-19/h3-5,8-9,11-14,22H,2,6-7,10,15-18H2,1H3,(H,29,31)(H,30,32)(H,33,34)(H2,27,28,35). The zero-order valence-corrected chi connectivity index (χ0v) is 20.0. The molecule has 0 saturated heterocycles. The summed E-state index contributed by atoms with van der Waals surface area (Å²) in [6.45, 7) is 2.80. The fourth-order valence-corrected chi connectivity index (χ4v) is 3.39. The van der Waals surface area contributed by atoms with Gasteiger partial charge in [-0.05, 0) is 36.0 Å². The molecule has 9 heteroatoms. The minimum atomic E-state index is -1.04. The van der Waals surface area contributed by atoms with Crippen LogP contribution in [0.2, 0.25) is 0 Å². The zero-order chi connectivity index (χ0) is 25.5. The molecule has 0 aliphatic heterocycles. The topological polar surface area (TPSA) is 137 Å². The summed E-state index contributed by atoms with van der Waals surface area (Å²) in [7, 11) is 0. The first-order valence-corrected chi connectivity index (χ1v) is 11.8. The van der Waals surface area contributed by atoms with E-state index >= 15 is 0 Å². The van der Waals surface area contributed by atoms with Gasteiger partial charge >= 0.3 is 12.0 Å². The van der Waals surface area contributed by atoms with E-state index in [1.807, 2.05) is 49.4 Å². The van der Waals surface area contributed by atoms with Crippen molar-refractivity contribution in [2.24, 2.45) is 0 Å². The Morgan fingerprint density at radius 1 is 0.800 bits per heavy atom. The maximum Gasteiger partial charge on any atom is 0.314 e. The Kier molecular flexibility index (Phi) is 11.8. The lowest BCUT2D eigenvalue weighted by atomic mass is 9.99. The number of urea groups is 1. The number of unbranched alkanes of at least 4 members (excludes halogenated alkanes) is 1. The monoisotopic (exact) mass is 482 g/mol. The number of hydrogen-bond acceptors (Lipinski definition) is 4. The van der Waals surface area contributed by atoms with Gasteiger partial charge in [0.05, 0.1) is 19.0 Å². The van der Waals surface area contributed by atoms with Gasteiger partial charge in [0.15, 0.2) is 0 Å². The second kappa shape index (κ2) is 15.1. The summed E-state index contributed by atoms with van der Waals surface area (Å²) in [5, 5.41) is 19.9. The van der Waals surface area contributed by atoms with E-state index < -0.39 is 17.9 Å². The van der Waals surface area contributed by atoms with Gasteiger partial charge in [-0.2, -0.15) is 0 Å². The molecule has 0 spiro atoms.